The van der Waals surface area contributed by atoms with Gasteiger partial charge >= 0.3 is 0 Å². The summed E-state index contributed by atoms with van der Waals surface area (Å²) in [6.07, 6.45) is 0. The van der Waals surface area contributed by atoms with Crippen molar-refractivity contribution in [3.63, 3.8) is 0 Å². The minimum absolute atomic E-state index is 0.266. The number of rotatable bonds is 5. The van der Waals surface area contributed by atoms with Gasteiger partial charge in [-0.3, -0.25) is 0 Å². The predicted octanol–water partition coefficient (Wildman–Crippen LogP) is 2.44. The summed E-state index contributed by atoms with van der Waals surface area (Å²) >= 11 is 3.31. The van der Waals surface area contributed by atoms with Gasteiger partial charge in [0.1, 0.15) is 0 Å². The molecule has 88 valence electrons. The highest BCUT2D eigenvalue weighted by molar-refractivity contribution is 9.08. The van der Waals surface area contributed by atoms with Crippen LogP contribution in [0.2, 0.25) is 0 Å². The molecule has 1 N–H and O–H groups in total. The Morgan fingerprint density at radius 3 is 2.38 bits per heavy atom. The van der Waals surface area contributed by atoms with Crippen LogP contribution >= 0.6 is 15.9 Å². The minimum atomic E-state index is -3.41. The van der Waals surface area contributed by atoms with E-state index < -0.39 is 10.0 Å². The van der Waals surface area contributed by atoms with Crippen molar-refractivity contribution in [1.29, 1.82) is 0 Å². The van der Waals surface area contributed by atoms with Gasteiger partial charge in [-0.05, 0) is 24.6 Å². The Hall–Kier alpha value is -0.650. The van der Waals surface area contributed by atoms with Gasteiger partial charge in [0.2, 0.25) is 10.0 Å². The van der Waals surface area contributed by atoms with Crippen LogP contribution < -0.4 is 4.72 Å². The SMILES string of the molecule is C=C(C)CNS(=O)(=O)c1ccc(CBr)cc1. The molecule has 0 aromatic heterocycles. The lowest BCUT2D eigenvalue weighted by atomic mass is 10.2. The molecule has 1 aromatic rings. The average molecular weight is 304 g/mol. The largest absolute Gasteiger partial charge is 0.240 e. The Kier molecular flexibility index (Phi) is 4.70. The van der Waals surface area contributed by atoms with E-state index in [1.807, 2.05) is 0 Å². The zero-order valence-electron chi connectivity index (χ0n) is 9.03. The molecule has 0 atom stereocenters. The maximum atomic E-state index is 11.8. The van der Waals surface area contributed by atoms with Gasteiger partial charge in [-0.25, -0.2) is 13.1 Å². The summed E-state index contributed by atoms with van der Waals surface area (Å²) in [6.45, 7) is 5.69. The molecule has 0 heterocycles. The third-order valence-corrected chi connectivity index (χ3v) is 4.02. The lowest BCUT2D eigenvalue weighted by Gasteiger charge is -2.06. The normalized spacial score (nSPS) is 11.4. The van der Waals surface area contributed by atoms with Crippen molar-refractivity contribution in [2.75, 3.05) is 6.54 Å². The highest BCUT2D eigenvalue weighted by Crippen LogP contribution is 2.12. The highest BCUT2D eigenvalue weighted by Gasteiger charge is 2.12. The molecular formula is C11H14BrNO2S. The molecule has 5 heteroatoms. The van der Waals surface area contributed by atoms with Crippen molar-refractivity contribution in [2.45, 2.75) is 17.1 Å². The zero-order valence-corrected chi connectivity index (χ0v) is 11.4. The van der Waals surface area contributed by atoms with E-state index in [-0.39, 0.29) is 11.4 Å². The average Bonchev–Trinajstić information content (AvgIpc) is 2.27. The van der Waals surface area contributed by atoms with Gasteiger partial charge in [0.05, 0.1) is 4.90 Å². The van der Waals surface area contributed by atoms with Crippen LogP contribution in [0, 0.1) is 0 Å². The van der Waals surface area contributed by atoms with Crippen molar-refractivity contribution in [3.05, 3.63) is 42.0 Å². The van der Waals surface area contributed by atoms with Crippen LogP contribution in [0.25, 0.3) is 0 Å². The van der Waals surface area contributed by atoms with Gasteiger partial charge in [-0.15, -0.1) is 0 Å². The first-order chi connectivity index (χ1) is 7.45. The molecule has 0 spiro atoms. The Balaban J connectivity index is 2.85. The summed E-state index contributed by atoms with van der Waals surface area (Å²) in [6, 6.07) is 6.75. The van der Waals surface area contributed by atoms with Crippen LogP contribution in [0.5, 0.6) is 0 Å². The van der Waals surface area contributed by atoms with Gasteiger partial charge in [0.15, 0.2) is 0 Å². The second-order valence-electron chi connectivity index (χ2n) is 3.56. The molecule has 0 bridgehead atoms. The predicted molar refractivity (Wildman–Crippen MR) is 69.1 cm³/mol. The molecule has 0 aliphatic heterocycles. The standard InChI is InChI=1S/C11H14BrNO2S/c1-9(2)8-13-16(14,15)11-5-3-10(7-12)4-6-11/h3-6,13H,1,7-8H2,2H3. The molecule has 0 saturated heterocycles. The Morgan fingerprint density at radius 1 is 1.38 bits per heavy atom. The van der Waals surface area contributed by atoms with Crippen molar-refractivity contribution in [3.8, 4) is 0 Å². The lowest BCUT2D eigenvalue weighted by Crippen LogP contribution is -2.25. The number of sulfonamides is 1. The topological polar surface area (TPSA) is 46.2 Å². The van der Waals surface area contributed by atoms with Gasteiger partial charge < -0.3 is 0 Å². The summed E-state index contributed by atoms with van der Waals surface area (Å²) in [4.78, 5) is 0.276. The van der Waals surface area contributed by atoms with Gasteiger partial charge in [0.25, 0.3) is 0 Å². The first kappa shape index (κ1) is 13.4. The summed E-state index contributed by atoms with van der Waals surface area (Å²) < 4.78 is 26.0. The number of hydrogen-bond acceptors (Lipinski definition) is 2. The van der Waals surface area contributed by atoms with Crippen molar-refractivity contribution in [2.24, 2.45) is 0 Å². The molecule has 0 aliphatic rings. The van der Waals surface area contributed by atoms with E-state index in [1.54, 1.807) is 31.2 Å². The third kappa shape index (κ3) is 3.73. The van der Waals surface area contributed by atoms with E-state index in [2.05, 4.69) is 27.2 Å². The van der Waals surface area contributed by atoms with Gasteiger partial charge in [-0.1, -0.05) is 40.2 Å². The van der Waals surface area contributed by atoms with Crippen molar-refractivity contribution >= 4 is 26.0 Å². The summed E-state index contributed by atoms with van der Waals surface area (Å²) in [5, 5.41) is 0.715. The van der Waals surface area contributed by atoms with E-state index in [9.17, 15) is 8.42 Å². The molecule has 0 radical (unpaired) electrons. The van der Waals surface area contributed by atoms with E-state index in [0.29, 0.717) is 5.33 Å². The van der Waals surface area contributed by atoms with Crippen LogP contribution in [0.1, 0.15) is 12.5 Å². The summed E-state index contributed by atoms with van der Waals surface area (Å²) in [5.74, 6) is 0. The molecule has 0 unspecified atom stereocenters. The fourth-order valence-electron chi connectivity index (χ4n) is 1.06. The molecular weight excluding hydrogens is 290 g/mol. The van der Waals surface area contributed by atoms with Crippen LogP contribution in [-0.4, -0.2) is 15.0 Å². The number of halogens is 1. The first-order valence-corrected chi connectivity index (χ1v) is 7.35. The molecule has 1 rings (SSSR count). The summed E-state index contributed by atoms with van der Waals surface area (Å²) in [7, 11) is -3.41. The second kappa shape index (κ2) is 5.61. The Bertz CT molecular complexity index is 465. The molecule has 3 nitrogen and oxygen atoms in total. The maximum absolute atomic E-state index is 11.8. The smallest absolute Gasteiger partial charge is 0.207 e. The van der Waals surface area contributed by atoms with E-state index in [1.165, 1.54) is 0 Å². The monoisotopic (exact) mass is 303 g/mol. The fourth-order valence-corrected chi connectivity index (χ4v) is 2.53. The van der Waals surface area contributed by atoms with E-state index in [4.69, 9.17) is 0 Å². The Morgan fingerprint density at radius 2 is 1.94 bits per heavy atom. The van der Waals surface area contributed by atoms with E-state index in [0.717, 1.165) is 11.1 Å². The second-order valence-corrected chi connectivity index (χ2v) is 5.89. The number of benzene rings is 1. The van der Waals surface area contributed by atoms with Gasteiger partial charge in [0, 0.05) is 11.9 Å². The number of alkyl halides is 1. The van der Waals surface area contributed by atoms with Crippen LogP contribution in [0.4, 0.5) is 0 Å². The van der Waals surface area contributed by atoms with Crippen LogP contribution in [0.3, 0.4) is 0 Å². The van der Waals surface area contributed by atoms with Crippen LogP contribution in [-0.2, 0) is 15.4 Å². The molecule has 0 fully saturated rings. The van der Waals surface area contributed by atoms with Crippen molar-refractivity contribution in [1.82, 2.24) is 4.72 Å². The molecule has 0 aliphatic carbocycles. The number of hydrogen-bond donors (Lipinski definition) is 1. The maximum Gasteiger partial charge on any atom is 0.240 e. The lowest BCUT2D eigenvalue weighted by molar-refractivity contribution is 0.584. The minimum Gasteiger partial charge on any atom is -0.207 e. The van der Waals surface area contributed by atoms with Crippen molar-refractivity contribution < 1.29 is 8.42 Å². The Labute approximate surface area is 105 Å². The molecule has 16 heavy (non-hydrogen) atoms. The van der Waals surface area contributed by atoms with E-state index >= 15 is 0 Å². The molecule has 0 saturated carbocycles. The zero-order chi connectivity index (χ0) is 12.2. The highest BCUT2D eigenvalue weighted by atomic mass is 79.9. The third-order valence-electron chi connectivity index (χ3n) is 1.95. The van der Waals surface area contributed by atoms with Gasteiger partial charge in [-0.2, -0.15) is 0 Å². The fraction of sp³-hybridized carbons (Fsp3) is 0.273. The number of nitrogens with one attached hydrogen (secondary N) is 1. The molecule has 0 amide bonds. The quantitative estimate of drug-likeness (QED) is 0.671. The van der Waals surface area contributed by atoms with Crippen LogP contribution in [0.15, 0.2) is 41.3 Å². The summed E-state index contributed by atoms with van der Waals surface area (Å²) in [5.41, 5.74) is 1.82. The molecule has 1 aromatic carbocycles. The first-order valence-electron chi connectivity index (χ1n) is 4.74.